The average Bonchev–Trinajstić information content (AvgIpc) is 2.72. The summed E-state index contributed by atoms with van der Waals surface area (Å²) >= 11 is 0. The quantitative estimate of drug-likeness (QED) is 0.678. The van der Waals surface area contributed by atoms with Gasteiger partial charge in [-0.25, -0.2) is 4.98 Å². The molecular formula is C17H18N2. The normalized spacial score (nSPS) is 11.2. The number of hydrogen-bond acceptors (Lipinski definition) is 1. The minimum absolute atomic E-state index is 0.968. The molecule has 0 atom stereocenters. The van der Waals surface area contributed by atoms with Gasteiger partial charge in [0.25, 0.3) is 0 Å². The van der Waals surface area contributed by atoms with Crippen molar-refractivity contribution in [2.75, 3.05) is 0 Å². The van der Waals surface area contributed by atoms with Gasteiger partial charge in [0.1, 0.15) is 5.82 Å². The summed E-state index contributed by atoms with van der Waals surface area (Å²) in [6, 6.07) is 10.7. The van der Waals surface area contributed by atoms with Crippen molar-refractivity contribution in [1.82, 2.24) is 9.97 Å². The Morgan fingerprint density at radius 2 is 1.47 bits per heavy atom. The number of nitrogens with one attached hydrogen (secondary N) is 1. The Bertz CT molecular complexity index is 707. The van der Waals surface area contributed by atoms with Gasteiger partial charge in [0.15, 0.2) is 0 Å². The second-order valence-electron chi connectivity index (χ2n) is 5.31. The number of aromatic nitrogens is 2. The third-order valence-corrected chi connectivity index (χ3v) is 3.82. The molecule has 2 nitrogen and oxygen atoms in total. The number of imidazole rings is 1. The summed E-state index contributed by atoms with van der Waals surface area (Å²) in [6.07, 6.45) is 0. The molecule has 1 N–H and O–H groups in total. The molecule has 1 aromatic heterocycles. The molecule has 0 aliphatic rings. The molecule has 1 heterocycles. The standard InChI is InChI=1S/C17H18N2/c1-10-6-5-7-11(2)16(10)17-18-14-8-12(3)13(4)9-15(14)19-17/h5-9H,1-4H3,(H,18,19). The van der Waals surface area contributed by atoms with E-state index in [9.17, 15) is 0 Å². The van der Waals surface area contributed by atoms with Gasteiger partial charge in [-0.1, -0.05) is 18.2 Å². The molecule has 2 aromatic carbocycles. The first kappa shape index (κ1) is 12.0. The fourth-order valence-corrected chi connectivity index (χ4v) is 2.58. The fraction of sp³-hybridized carbons (Fsp3) is 0.235. The van der Waals surface area contributed by atoms with Crippen LogP contribution in [0.3, 0.4) is 0 Å². The predicted molar refractivity (Wildman–Crippen MR) is 80.5 cm³/mol. The smallest absolute Gasteiger partial charge is 0.139 e. The minimum atomic E-state index is 0.968. The van der Waals surface area contributed by atoms with Crippen LogP contribution in [0.2, 0.25) is 0 Å². The summed E-state index contributed by atoms with van der Waals surface area (Å²) in [5, 5.41) is 0. The lowest BCUT2D eigenvalue weighted by Crippen LogP contribution is -1.89. The molecule has 0 fully saturated rings. The highest BCUT2D eigenvalue weighted by Crippen LogP contribution is 2.27. The summed E-state index contributed by atoms with van der Waals surface area (Å²) in [5.41, 5.74) is 8.46. The Labute approximate surface area is 113 Å². The van der Waals surface area contributed by atoms with Gasteiger partial charge >= 0.3 is 0 Å². The first-order valence-electron chi connectivity index (χ1n) is 6.60. The lowest BCUT2D eigenvalue weighted by Gasteiger charge is -2.05. The summed E-state index contributed by atoms with van der Waals surface area (Å²) < 4.78 is 0. The van der Waals surface area contributed by atoms with Gasteiger partial charge in [0, 0.05) is 5.56 Å². The van der Waals surface area contributed by atoms with Crippen LogP contribution in [0.15, 0.2) is 30.3 Å². The van der Waals surface area contributed by atoms with E-state index in [0.29, 0.717) is 0 Å². The molecule has 3 rings (SSSR count). The maximum Gasteiger partial charge on any atom is 0.139 e. The van der Waals surface area contributed by atoms with Crippen LogP contribution in [0.1, 0.15) is 22.3 Å². The molecule has 0 amide bonds. The van der Waals surface area contributed by atoms with E-state index in [1.807, 2.05) is 0 Å². The van der Waals surface area contributed by atoms with Gasteiger partial charge in [-0.15, -0.1) is 0 Å². The Balaban J connectivity index is 2.26. The summed E-state index contributed by atoms with van der Waals surface area (Å²) in [4.78, 5) is 8.20. The van der Waals surface area contributed by atoms with Gasteiger partial charge < -0.3 is 4.98 Å². The number of aryl methyl sites for hydroxylation is 4. The van der Waals surface area contributed by atoms with E-state index in [-0.39, 0.29) is 0 Å². The largest absolute Gasteiger partial charge is 0.338 e. The van der Waals surface area contributed by atoms with Crippen molar-refractivity contribution in [1.29, 1.82) is 0 Å². The maximum absolute atomic E-state index is 4.75. The van der Waals surface area contributed by atoms with E-state index in [1.165, 1.54) is 27.8 Å². The number of rotatable bonds is 1. The molecule has 0 radical (unpaired) electrons. The van der Waals surface area contributed by atoms with Gasteiger partial charge in [-0.3, -0.25) is 0 Å². The molecule has 0 unspecified atom stereocenters. The van der Waals surface area contributed by atoms with Crippen molar-refractivity contribution in [3.05, 3.63) is 52.6 Å². The third-order valence-electron chi connectivity index (χ3n) is 3.82. The predicted octanol–water partition coefficient (Wildman–Crippen LogP) is 4.46. The first-order chi connectivity index (χ1) is 9.06. The highest BCUT2D eigenvalue weighted by Gasteiger charge is 2.10. The topological polar surface area (TPSA) is 28.7 Å². The van der Waals surface area contributed by atoms with Crippen molar-refractivity contribution in [3.8, 4) is 11.4 Å². The summed E-state index contributed by atoms with van der Waals surface area (Å²) in [6.45, 7) is 8.52. The Hall–Kier alpha value is -2.09. The first-order valence-corrected chi connectivity index (χ1v) is 6.60. The molecule has 0 aliphatic carbocycles. The number of benzene rings is 2. The molecule has 0 spiro atoms. The van der Waals surface area contributed by atoms with Crippen LogP contribution in [0.25, 0.3) is 22.4 Å². The monoisotopic (exact) mass is 250 g/mol. The van der Waals surface area contributed by atoms with Crippen molar-refractivity contribution in [2.24, 2.45) is 0 Å². The van der Waals surface area contributed by atoms with Crippen LogP contribution < -0.4 is 0 Å². The van der Waals surface area contributed by atoms with E-state index < -0.39 is 0 Å². The molecule has 3 aromatic rings. The van der Waals surface area contributed by atoms with Crippen LogP contribution in [-0.4, -0.2) is 9.97 Å². The fourth-order valence-electron chi connectivity index (χ4n) is 2.58. The van der Waals surface area contributed by atoms with E-state index >= 15 is 0 Å². The highest BCUT2D eigenvalue weighted by atomic mass is 14.9. The van der Waals surface area contributed by atoms with Crippen LogP contribution in [-0.2, 0) is 0 Å². The Morgan fingerprint density at radius 3 is 2.16 bits per heavy atom. The molecular weight excluding hydrogens is 232 g/mol. The van der Waals surface area contributed by atoms with Gasteiger partial charge in [-0.2, -0.15) is 0 Å². The lowest BCUT2D eigenvalue weighted by atomic mass is 10.0. The second-order valence-corrected chi connectivity index (χ2v) is 5.31. The summed E-state index contributed by atoms with van der Waals surface area (Å²) in [7, 11) is 0. The summed E-state index contributed by atoms with van der Waals surface area (Å²) in [5.74, 6) is 0.968. The molecule has 0 saturated carbocycles. The van der Waals surface area contributed by atoms with Crippen LogP contribution in [0, 0.1) is 27.7 Å². The number of nitrogens with zero attached hydrogens (tertiary/aromatic N) is 1. The van der Waals surface area contributed by atoms with Crippen molar-refractivity contribution >= 4 is 11.0 Å². The zero-order chi connectivity index (χ0) is 13.6. The minimum Gasteiger partial charge on any atom is -0.338 e. The molecule has 0 saturated heterocycles. The van der Waals surface area contributed by atoms with Gasteiger partial charge in [-0.05, 0) is 62.1 Å². The van der Waals surface area contributed by atoms with E-state index in [1.54, 1.807) is 0 Å². The van der Waals surface area contributed by atoms with Crippen LogP contribution >= 0.6 is 0 Å². The van der Waals surface area contributed by atoms with E-state index in [0.717, 1.165) is 16.9 Å². The number of fused-ring (bicyclic) bond motifs is 1. The van der Waals surface area contributed by atoms with Crippen molar-refractivity contribution < 1.29 is 0 Å². The second kappa shape index (κ2) is 4.23. The zero-order valence-electron chi connectivity index (χ0n) is 11.8. The SMILES string of the molecule is Cc1cc2nc(-c3c(C)cccc3C)[nH]c2cc1C. The molecule has 96 valence electrons. The Morgan fingerprint density at radius 1 is 0.842 bits per heavy atom. The number of H-pyrrole nitrogens is 1. The van der Waals surface area contributed by atoms with Crippen molar-refractivity contribution in [2.45, 2.75) is 27.7 Å². The average molecular weight is 250 g/mol. The Kier molecular flexibility index (Phi) is 2.67. The van der Waals surface area contributed by atoms with E-state index in [4.69, 9.17) is 4.98 Å². The molecule has 2 heteroatoms. The lowest BCUT2D eigenvalue weighted by molar-refractivity contribution is 1.27. The van der Waals surface area contributed by atoms with Crippen molar-refractivity contribution in [3.63, 3.8) is 0 Å². The third kappa shape index (κ3) is 1.93. The van der Waals surface area contributed by atoms with E-state index in [2.05, 4.69) is 63.0 Å². The molecule has 19 heavy (non-hydrogen) atoms. The molecule has 0 aliphatic heterocycles. The number of aromatic amines is 1. The van der Waals surface area contributed by atoms with Gasteiger partial charge in [0.05, 0.1) is 11.0 Å². The van der Waals surface area contributed by atoms with Gasteiger partial charge in [0.2, 0.25) is 0 Å². The van der Waals surface area contributed by atoms with Crippen LogP contribution in [0.4, 0.5) is 0 Å². The van der Waals surface area contributed by atoms with Crippen LogP contribution in [0.5, 0.6) is 0 Å². The molecule has 0 bridgehead atoms. The number of hydrogen-bond donors (Lipinski definition) is 1. The zero-order valence-corrected chi connectivity index (χ0v) is 11.8. The maximum atomic E-state index is 4.75. The highest BCUT2D eigenvalue weighted by molar-refractivity contribution is 5.82.